The molecule has 18 heavy (non-hydrogen) atoms. The van der Waals surface area contributed by atoms with Crippen molar-refractivity contribution >= 4 is 11.7 Å². The van der Waals surface area contributed by atoms with E-state index < -0.39 is 0 Å². The van der Waals surface area contributed by atoms with E-state index in [1.807, 2.05) is 6.07 Å². The Kier molecular flexibility index (Phi) is 5.61. The number of rotatable bonds is 6. The molecule has 0 fully saturated rings. The van der Waals surface area contributed by atoms with Crippen molar-refractivity contribution in [2.24, 2.45) is 0 Å². The second-order valence-electron chi connectivity index (χ2n) is 3.69. The molecule has 6 heteroatoms. The topological polar surface area (TPSA) is 78.2 Å². The van der Waals surface area contributed by atoms with Crippen molar-refractivity contribution in [3.8, 4) is 6.07 Å². The molecule has 1 aromatic heterocycles. The molecule has 0 aliphatic carbocycles. The number of carbonyl (C=O) groups excluding carboxylic acids is 1. The summed E-state index contributed by atoms with van der Waals surface area (Å²) in [5, 5.41) is 11.5. The van der Waals surface area contributed by atoms with Gasteiger partial charge in [-0.2, -0.15) is 5.26 Å². The number of carbonyl (C=O) groups is 1. The third kappa shape index (κ3) is 4.39. The molecule has 0 aromatic carbocycles. The summed E-state index contributed by atoms with van der Waals surface area (Å²) in [4.78, 5) is 17.3. The van der Waals surface area contributed by atoms with Crippen molar-refractivity contribution in [2.45, 2.75) is 0 Å². The highest BCUT2D eigenvalue weighted by molar-refractivity contribution is 5.80. The molecule has 0 bridgehead atoms. The first-order chi connectivity index (χ1) is 8.67. The molecule has 0 spiro atoms. The van der Waals surface area contributed by atoms with E-state index >= 15 is 0 Å². The highest BCUT2D eigenvalue weighted by Gasteiger charge is 2.08. The number of anilines is 1. The maximum Gasteiger partial charge on any atom is 0.239 e. The van der Waals surface area contributed by atoms with Crippen molar-refractivity contribution in [2.75, 3.05) is 38.8 Å². The number of nitrogens with one attached hydrogen (secondary N) is 1. The van der Waals surface area contributed by atoms with Crippen LogP contribution < -0.4 is 10.2 Å². The Morgan fingerprint density at radius 1 is 1.61 bits per heavy atom. The van der Waals surface area contributed by atoms with Crippen LogP contribution in [0.3, 0.4) is 0 Å². The van der Waals surface area contributed by atoms with Gasteiger partial charge in [0.15, 0.2) is 0 Å². The Balaban J connectivity index is 2.51. The number of methoxy groups -OCH3 is 1. The van der Waals surface area contributed by atoms with E-state index in [1.165, 1.54) is 0 Å². The van der Waals surface area contributed by atoms with Crippen LogP contribution in [0.15, 0.2) is 18.2 Å². The molecule has 0 saturated carbocycles. The summed E-state index contributed by atoms with van der Waals surface area (Å²) in [6.45, 7) is 1.15. The van der Waals surface area contributed by atoms with Crippen molar-refractivity contribution in [3.63, 3.8) is 0 Å². The van der Waals surface area contributed by atoms with Crippen LogP contribution in [0.5, 0.6) is 0 Å². The number of pyridine rings is 1. The minimum Gasteiger partial charge on any atom is -0.383 e. The standard InChI is InChI=1S/C12H16N4O2/c1-16(9-12(17)14-6-7-18-2)11-5-3-4-10(8-13)15-11/h3-5H,6-7,9H2,1-2H3,(H,14,17). The van der Waals surface area contributed by atoms with Crippen LogP contribution in [0, 0.1) is 11.3 Å². The highest BCUT2D eigenvalue weighted by atomic mass is 16.5. The summed E-state index contributed by atoms with van der Waals surface area (Å²) < 4.78 is 4.84. The molecule has 0 aliphatic rings. The van der Waals surface area contributed by atoms with E-state index in [4.69, 9.17) is 10.00 Å². The van der Waals surface area contributed by atoms with Gasteiger partial charge in [-0.3, -0.25) is 4.79 Å². The number of hydrogen-bond donors (Lipinski definition) is 1. The van der Waals surface area contributed by atoms with Gasteiger partial charge in [0.25, 0.3) is 0 Å². The predicted molar refractivity (Wildman–Crippen MR) is 67.1 cm³/mol. The molecule has 1 heterocycles. The lowest BCUT2D eigenvalue weighted by Gasteiger charge is -2.17. The quantitative estimate of drug-likeness (QED) is 0.725. The lowest BCUT2D eigenvalue weighted by molar-refractivity contribution is -0.119. The first-order valence-electron chi connectivity index (χ1n) is 5.51. The molecule has 1 N–H and O–H groups in total. The average molecular weight is 248 g/mol. The molecular weight excluding hydrogens is 232 g/mol. The first kappa shape index (κ1) is 13.9. The fourth-order valence-corrected chi connectivity index (χ4v) is 1.34. The van der Waals surface area contributed by atoms with E-state index in [2.05, 4.69) is 10.3 Å². The lowest BCUT2D eigenvalue weighted by Crippen LogP contribution is -2.37. The second kappa shape index (κ2) is 7.25. The minimum absolute atomic E-state index is 0.112. The number of nitrogens with zero attached hydrogens (tertiary/aromatic N) is 3. The SMILES string of the molecule is COCCNC(=O)CN(C)c1cccc(C#N)n1. The van der Waals surface area contributed by atoms with Gasteiger partial charge in [0, 0.05) is 20.7 Å². The molecule has 0 aliphatic heterocycles. The fraction of sp³-hybridized carbons (Fsp3) is 0.417. The zero-order valence-corrected chi connectivity index (χ0v) is 10.5. The van der Waals surface area contributed by atoms with Gasteiger partial charge in [-0.15, -0.1) is 0 Å². The monoisotopic (exact) mass is 248 g/mol. The first-order valence-corrected chi connectivity index (χ1v) is 5.51. The smallest absolute Gasteiger partial charge is 0.239 e. The molecule has 0 saturated heterocycles. The molecule has 0 radical (unpaired) electrons. The van der Waals surface area contributed by atoms with E-state index in [1.54, 1.807) is 37.3 Å². The van der Waals surface area contributed by atoms with Gasteiger partial charge in [-0.25, -0.2) is 4.98 Å². The van der Waals surface area contributed by atoms with Crippen molar-refractivity contribution in [1.29, 1.82) is 5.26 Å². The molecule has 6 nitrogen and oxygen atoms in total. The minimum atomic E-state index is -0.112. The largest absolute Gasteiger partial charge is 0.383 e. The Labute approximate surface area is 106 Å². The van der Waals surface area contributed by atoms with Gasteiger partial charge in [0.05, 0.1) is 13.2 Å². The molecule has 96 valence electrons. The predicted octanol–water partition coefficient (Wildman–Crippen LogP) is 0.152. The van der Waals surface area contributed by atoms with Gasteiger partial charge < -0.3 is 15.0 Å². The summed E-state index contributed by atoms with van der Waals surface area (Å²) in [5.74, 6) is 0.481. The number of amides is 1. The lowest BCUT2D eigenvalue weighted by atomic mass is 10.3. The summed E-state index contributed by atoms with van der Waals surface area (Å²) in [7, 11) is 3.33. The van der Waals surface area contributed by atoms with Gasteiger partial charge in [0.1, 0.15) is 17.6 Å². The summed E-state index contributed by atoms with van der Waals surface area (Å²) in [6, 6.07) is 7.07. The van der Waals surface area contributed by atoms with Gasteiger partial charge in [-0.05, 0) is 12.1 Å². The van der Waals surface area contributed by atoms with Gasteiger partial charge in [-0.1, -0.05) is 6.07 Å². The van der Waals surface area contributed by atoms with Crippen LogP contribution in [-0.2, 0) is 9.53 Å². The normalized spacial score (nSPS) is 9.61. The number of likely N-dealkylation sites (N-methyl/N-ethyl adjacent to an activating group) is 1. The zero-order chi connectivity index (χ0) is 13.4. The highest BCUT2D eigenvalue weighted by Crippen LogP contribution is 2.08. The van der Waals surface area contributed by atoms with Crippen LogP contribution in [0.25, 0.3) is 0 Å². The molecular formula is C12H16N4O2. The van der Waals surface area contributed by atoms with E-state index in [0.29, 0.717) is 24.7 Å². The van der Waals surface area contributed by atoms with E-state index in [0.717, 1.165) is 0 Å². The van der Waals surface area contributed by atoms with Gasteiger partial charge in [0.2, 0.25) is 5.91 Å². The Hall–Kier alpha value is -2.13. The number of aromatic nitrogens is 1. The summed E-state index contributed by atoms with van der Waals surface area (Å²) in [6.07, 6.45) is 0. The maximum atomic E-state index is 11.6. The fourth-order valence-electron chi connectivity index (χ4n) is 1.34. The van der Waals surface area contributed by atoms with Crippen LogP contribution in [0.1, 0.15) is 5.69 Å². The number of nitriles is 1. The third-order valence-corrected chi connectivity index (χ3v) is 2.25. The Morgan fingerprint density at radius 2 is 2.39 bits per heavy atom. The van der Waals surface area contributed by atoms with Crippen molar-refractivity contribution in [1.82, 2.24) is 10.3 Å². The zero-order valence-electron chi connectivity index (χ0n) is 10.5. The molecule has 0 atom stereocenters. The summed E-state index contributed by atoms with van der Waals surface area (Å²) in [5.41, 5.74) is 0.333. The average Bonchev–Trinajstić information content (AvgIpc) is 2.39. The van der Waals surface area contributed by atoms with Crippen LogP contribution in [-0.4, -0.2) is 44.7 Å². The summed E-state index contributed by atoms with van der Waals surface area (Å²) >= 11 is 0. The van der Waals surface area contributed by atoms with Crippen LogP contribution in [0.2, 0.25) is 0 Å². The van der Waals surface area contributed by atoms with Crippen LogP contribution >= 0.6 is 0 Å². The van der Waals surface area contributed by atoms with Crippen LogP contribution in [0.4, 0.5) is 5.82 Å². The number of hydrogen-bond acceptors (Lipinski definition) is 5. The Bertz CT molecular complexity index is 442. The molecule has 0 unspecified atom stereocenters. The molecule has 1 amide bonds. The molecule has 1 aromatic rings. The Morgan fingerprint density at radius 3 is 3.06 bits per heavy atom. The van der Waals surface area contributed by atoms with Crippen molar-refractivity contribution < 1.29 is 9.53 Å². The van der Waals surface area contributed by atoms with Gasteiger partial charge >= 0.3 is 0 Å². The maximum absolute atomic E-state index is 11.6. The third-order valence-electron chi connectivity index (χ3n) is 2.25. The second-order valence-corrected chi connectivity index (χ2v) is 3.69. The molecule has 1 rings (SSSR count). The van der Waals surface area contributed by atoms with Crippen molar-refractivity contribution in [3.05, 3.63) is 23.9 Å². The number of ether oxygens (including phenoxy) is 1. The van der Waals surface area contributed by atoms with E-state index in [-0.39, 0.29) is 12.5 Å². The van der Waals surface area contributed by atoms with E-state index in [9.17, 15) is 4.79 Å².